The molecule has 4 nitrogen and oxygen atoms in total. The molecule has 0 saturated carbocycles. The van der Waals surface area contributed by atoms with Crippen molar-refractivity contribution in [2.75, 3.05) is 0 Å². The van der Waals surface area contributed by atoms with Gasteiger partial charge in [0.25, 0.3) is 0 Å². The number of carboxylic acid groups (broad SMARTS) is 1. The van der Waals surface area contributed by atoms with Gasteiger partial charge in [0.2, 0.25) is 0 Å². The number of thiophene rings is 1. The number of hydrogen-bond acceptors (Lipinski definition) is 4. The summed E-state index contributed by atoms with van der Waals surface area (Å²) in [6.07, 6.45) is 0. The number of halogens is 1. The summed E-state index contributed by atoms with van der Waals surface area (Å²) in [7, 11) is -3.60. The van der Waals surface area contributed by atoms with Gasteiger partial charge in [-0.2, -0.15) is 0 Å². The fraction of sp³-hybridized carbons (Fsp3) is 0.154. The monoisotopic (exact) mass is 330 g/mol. The third-order valence-corrected chi connectivity index (χ3v) is 6.03. The van der Waals surface area contributed by atoms with E-state index in [1.54, 1.807) is 12.1 Å². The molecule has 0 aliphatic heterocycles. The second-order valence-corrected chi connectivity index (χ2v) is 7.96. The van der Waals surface area contributed by atoms with Crippen LogP contribution in [0.4, 0.5) is 0 Å². The van der Waals surface area contributed by atoms with E-state index < -0.39 is 15.8 Å². The summed E-state index contributed by atoms with van der Waals surface area (Å²) in [4.78, 5) is 11.7. The van der Waals surface area contributed by atoms with Gasteiger partial charge in [0.05, 0.1) is 20.5 Å². The molecule has 0 fully saturated rings. The van der Waals surface area contributed by atoms with E-state index in [9.17, 15) is 13.2 Å². The minimum atomic E-state index is -3.60. The number of rotatable bonds is 4. The first kappa shape index (κ1) is 15.0. The standard InChI is InChI=1S/C13H11ClO4S2/c1-8-10(13(15)16)3-2-4-11(8)20(17,18)7-9-5-6-12(14)19-9/h2-6H,7H2,1H3,(H,15,16). The molecular weight excluding hydrogens is 320 g/mol. The highest BCUT2D eigenvalue weighted by molar-refractivity contribution is 7.90. The van der Waals surface area contributed by atoms with Gasteiger partial charge in [0, 0.05) is 4.88 Å². The summed E-state index contributed by atoms with van der Waals surface area (Å²) in [6, 6.07) is 7.54. The quantitative estimate of drug-likeness (QED) is 0.932. The van der Waals surface area contributed by atoms with Gasteiger partial charge >= 0.3 is 5.97 Å². The van der Waals surface area contributed by atoms with Crippen LogP contribution in [0.25, 0.3) is 0 Å². The van der Waals surface area contributed by atoms with E-state index in [1.807, 2.05) is 0 Å². The van der Waals surface area contributed by atoms with Crippen LogP contribution in [0.15, 0.2) is 35.2 Å². The smallest absolute Gasteiger partial charge is 0.335 e. The predicted octanol–water partition coefficient (Wildman–Crippen LogP) is 3.38. The van der Waals surface area contributed by atoms with Crippen molar-refractivity contribution in [3.05, 3.63) is 50.7 Å². The Morgan fingerprint density at radius 3 is 2.55 bits per heavy atom. The average Bonchev–Trinajstić information content (AvgIpc) is 2.73. The van der Waals surface area contributed by atoms with Crippen molar-refractivity contribution >= 4 is 38.7 Å². The SMILES string of the molecule is Cc1c(C(=O)O)cccc1S(=O)(=O)Cc1ccc(Cl)s1. The van der Waals surface area contributed by atoms with Crippen LogP contribution in [0.5, 0.6) is 0 Å². The number of aromatic carboxylic acids is 1. The number of hydrogen-bond donors (Lipinski definition) is 1. The van der Waals surface area contributed by atoms with Gasteiger partial charge in [-0.25, -0.2) is 13.2 Å². The minimum absolute atomic E-state index is 0.00436. The molecule has 1 heterocycles. The van der Waals surface area contributed by atoms with Crippen molar-refractivity contribution in [2.24, 2.45) is 0 Å². The second kappa shape index (κ2) is 5.55. The summed E-state index contributed by atoms with van der Waals surface area (Å²) < 4.78 is 25.3. The average molecular weight is 331 g/mol. The minimum Gasteiger partial charge on any atom is -0.478 e. The molecule has 0 aliphatic carbocycles. The zero-order valence-corrected chi connectivity index (χ0v) is 12.8. The number of carbonyl (C=O) groups is 1. The van der Waals surface area contributed by atoms with Crippen LogP contribution in [0.2, 0.25) is 4.34 Å². The van der Waals surface area contributed by atoms with E-state index in [0.717, 1.165) is 0 Å². The topological polar surface area (TPSA) is 71.4 Å². The molecule has 0 saturated heterocycles. The summed E-state index contributed by atoms with van der Waals surface area (Å²) >= 11 is 6.97. The molecule has 0 amide bonds. The van der Waals surface area contributed by atoms with Crippen LogP contribution in [-0.2, 0) is 15.6 Å². The van der Waals surface area contributed by atoms with Crippen molar-refractivity contribution in [1.82, 2.24) is 0 Å². The maximum Gasteiger partial charge on any atom is 0.335 e. The van der Waals surface area contributed by atoms with Crippen LogP contribution in [0.1, 0.15) is 20.8 Å². The highest BCUT2D eigenvalue weighted by Crippen LogP contribution is 2.27. The van der Waals surface area contributed by atoms with Gasteiger partial charge in [0.1, 0.15) is 0 Å². The van der Waals surface area contributed by atoms with E-state index in [0.29, 0.717) is 9.21 Å². The number of benzene rings is 1. The fourth-order valence-corrected chi connectivity index (χ4v) is 4.95. The molecule has 20 heavy (non-hydrogen) atoms. The lowest BCUT2D eigenvalue weighted by Gasteiger charge is -2.09. The molecule has 1 N–H and O–H groups in total. The van der Waals surface area contributed by atoms with Crippen molar-refractivity contribution in [1.29, 1.82) is 0 Å². The zero-order valence-electron chi connectivity index (χ0n) is 10.5. The van der Waals surface area contributed by atoms with Gasteiger partial charge in [-0.1, -0.05) is 17.7 Å². The Morgan fingerprint density at radius 1 is 1.30 bits per heavy atom. The van der Waals surface area contributed by atoms with Gasteiger partial charge in [-0.15, -0.1) is 11.3 Å². The first-order valence-corrected chi connectivity index (χ1v) is 8.46. The van der Waals surface area contributed by atoms with E-state index in [2.05, 4.69) is 0 Å². The zero-order chi connectivity index (χ0) is 14.9. The summed E-state index contributed by atoms with van der Waals surface area (Å²) in [5.41, 5.74) is 0.248. The maximum absolute atomic E-state index is 12.4. The van der Waals surface area contributed by atoms with Gasteiger partial charge in [-0.3, -0.25) is 0 Å². The Labute approximate surface area is 125 Å². The lowest BCUT2D eigenvalue weighted by Crippen LogP contribution is -2.09. The number of sulfone groups is 1. The summed E-state index contributed by atoms with van der Waals surface area (Å²) in [5, 5.41) is 9.04. The summed E-state index contributed by atoms with van der Waals surface area (Å²) in [5.74, 6) is -1.33. The van der Waals surface area contributed by atoms with Crippen LogP contribution in [0, 0.1) is 6.92 Å². The fourth-order valence-electron chi connectivity index (χ4n) is 1.88. The Kier molecular flexibility index (Phi) is 4.17. The van der Waals surface area contributed by atoms with Crippen molar-refractivity contribution in [2.45, 2.75) is 17.6 Å². The largest absolute Gasteiger partial charge is 0.478 e. The van der Waals surface area contributed by atoms with Crippen LogP contribution >= 0.6 is 22.9 Å². The highest BCUT2D eigenvalue weighted by atomic mass is 35.5. The Hall–Kier alpha value is -1.37. The van der Waals surface area contributed by atoms with Crippen molar-refractivity contribution in [3.63, 3.8) is 0 Å². The van der Waals surface area contributed by atoms with Gasteiger partial charge < -0.3 is 5.11 Å². The van der Waals surface area contributed by atoms with E-state index >= 15 is 0 Å². The van der Waals surface area contributed by atoms with Crippen molar-refractivity contribution in [3.8, 4) is 0 Å². The van der Waals surface area contributed by atoms with E-state index in [1.165, 1.54) is 36.5 Å². The van der Waals surface area contributed by atoms with E-state index in [4.69, 9.17) is 16.7 Å². The Balaban J connectivity index is 2.44. The molecule has 0 bridgehead atoms. The van der Waals surface area contributed by atoms with Crippen LogP contribution in [-0.4, -0.2) is 19.5 Å². The first-order valence-electron chi connectivity index (χ1n) is 5.61. The molecule has 2 aromatic rings. The molecule has 0 aliphatic rings. The second-order valence-electron chi connectivity index (χ2n) is 4.20. The maximum atomic E-state index is 12.4. The van der Waals surface area contributed by atoms with Gasteiger partial charge in [-0.05, 0) is 36.8 Å². The van der Waals surface area contributed by atoms with Crippen LogP contribution < -0.4 is 0 Å². The molecule has 0 unspecified atom stereocenters. The lowest BCUT2D eigenvalue weighted by atomic mass is 10.1. The summed E-state index contributed by atoms with van der Waals surface area (Å²) in [6.45, 7) is 1.50. The Bertz CT molecular complexity index is 762. The molecule has 1 aromatic heterocycles. The molecule has 2 rings (SSSR count). The molecule has 1 aromatic carbocycles. The molecule has 0 spiro atoms. The molecule has 106 valence electrons. The third kappa shape index (κ3) is 3.03. The number of carboxylic acids is 1. The van der Waals surface area contributed by atoms with E-state index in [-0.39, 0.29) is 21.8 Å². The van der Waals surface area contributed by atoms with Crippen molar-refractivity contribution < 1.29 is 18.3 Å². The normalized spacial score (nSPS) is 11.5. The molecule has 0 atom stereocenters. The third-order valence-electron chi connectivity index (χ3n) is 2.81. The lowest BCUT2D eigenvalue weighted by molar-refractivity contribution is 0.0696. The first-order chi connectivity index (χ1) is 9.31. The highest BCUT2D eigenvalue weighted by Gasteiger charge is 2.21. The molecular formula is C13H11ClO4S2. The van der Waals surface area contributed by atoms with Crippen LogP contribution in [0.3, 0.4) is 0 Å². The van der Waals surface area contributed by atoms with Gasteiger partial charge in [0.15, 0.2) is 9.84 Å². The predicted molar refractivity (Wildman–Crippen MR) is 78.4 cm³/mol. The molecule has 7 heteroatoms. The Morgan fingerprint density at radius 2 is 2.00 bits per heavy atom. The molecule has 0 radical (unpaired) electrons.